The van der Waals surface area contributed by atoms with Crippen LogP contribution in [0.3, 0.4) is 0 Å². The third kappa shape index (κ3) is 2.41. The molecule has 6 nitrogen and oxygen atoms in total. The molecule has 0 aliphatic rings. The van der Waals surface area contributed by atoms with E-state index >= 15 is 0 Å². The Hall–Kier alpha value is -2.16. The van der Waals surface area contributed by atoms with E-state index in [1.807, 2.05) is 0 Å². The minimum Gasteiger partial charge on any atom is -0.0608 e. The molecule has 0 spiro atoms. The van der Waals surface area contributed by atoms with Crippen molar-refractivity contribution >= 4 is 11.4 Å². The van der Waals surface area contributed by atoms with Gasteiger partial charge in [-0.3, -0.25) is 0 Å². The lowest BCUT2D eigenvalue weighted by molar-refractivity contribution is 1.40. The van der Waals surface area contributed by atoms with E-state index in [1.165, 1.54) is 6.07 Å². The second-order valence-electron chi connectivity index (χ2n) is 2.24. The maximum Gasteiger partial charge on any atom is 0.0382 e. The van der Waals surface area contributed by atoms with Gasteiger partial charge in [-0.25, -0.2) is 0 Å². The number of nitrogens with zero attached hydrogens (tertiary/aromatic N) is 6. The van der Waals surface area contributed by atoms with E-state index in [9.17, 15) is 0 Å². The molecule has 0 saturated heterocycles. The Labute approximate surface area is 74.1 Å². The Bertz CT molecular complexity index is 375. The first kappa shape index (κ1) is 8.93. The molecule has 0 fully saturated rings. The fourth-order valence-corrected chi connectivity index (χ4v) is 0.875. The molecule has 0 unspecified atom stereocenters. The van der Waals surface area contributed by atoms with E-state index in [0.29, 0.717) is 16.9 Å². The molecule has 0 heterocycles. The second kappa shape index (κ2) is 4.01. The Morgan fingerprint density at radius 1 is 1.00 bits per heavy atom. The van der Waals surface area contributed by atoms with E-state index in [0.717, 1.165) is 0 Å². The van der Waals surface area contributed by atoms with Crippen LogP contribution < -0.4 is 0 Å². The standard InChI is InChI=1S/C7H5N6/c1-5-2-6(10-12-8)4-7(3-5)11-13-9/h2-4H,1H2. The average molecular weight is 173 g/mol. The van der Waals surface area contributed by atoms with Gasteiger partial charge in [-0.2, -0.15) is 0 Å². The summed E-state index contributed by atoms with van der Waals surface area (Å²) in [5.74, 6) is 0. The molecule has 0 N–H and O–H groups in total. The minimum absolute atomic E-state index is 0.386. The molecular formula is C7H5N6. The van der Waals surface area contributed by atoms with E-state index in [4.69, 9.17) is 11.1 Å². The molecule has 0 aliphatic heterocycles. The van der Waals surface area contributed by atoms with E-state index in [2.05, 4.69) is 27.0 Å². The topological polar surface area (TPSA) is 97.5 Å². The number of azide groups is 2. The molecule has 0 atom stereocenters. The molecule has 1 radical (unpaired) electrons. The highest BCUT2D eigenvalue weighted by Crippen LogP contribution is 2.23. The third-order valence-electron chi connectivity index (χ3n) is 1.28. The average Bonchev–Trinajstić information content (AvgIpc) is 2.04. The number of benzene rings is 1. The van der Waals surface area contributed by atoms with Crippen LogP contribution in [0.1, 0.15) is 5.56 Å². The van der Waals surface area contributed by atoms with Crippen LogP contribution in [0.15, 0.2) is 28.4 Å². The summed E-state index contributed by atoms with van der Waals surface area (Å²) in [6.45, 7) is 3.64. The lowest BCUT2D eigenvalue weighted by Crippen LogP contribution is -1.70. The highest BCUT2D eigenvalue weighted by molar-refractivity contribution is 5.53. The molecule has 63 valence electrons. The molecule has 0 amide bonds. The summed E-state index contributed by atoms with van der Waals surface area (Å²) in [7, 11) is 0. The van der Waals surface area contributed by atoms with E-state index in [-0.39, 0.29) is 0 Å². The van der Waals surface area contributed by atoms with Gasteiger partial charge in [0.15, 0.2) is 0 Å². The minimum atomic E-state index is 0.386. The maximum atomic E-state index is 8.17. The lowest BCUT2D eigenvalue weighted by atomic mass is 10.2. The molecule has 1 aromatic rings. The second-order valence-corrected chi connectivity index (χ2v) is 2.24. The first-order valence-electron chi connectivity index (χ1n) is 3.33. The van der Waals surface area contributed by atoms with Crippen LogP contribution in [-0.4, -0.2) is 0 Å². The molecule has 0 bridgehead atoms. The van der Waals surface area contributed by atoms with Gasteiger partial charge < -0.3 is 0 Å². The first-order valence-corrected chi connectivity index (χ1v) is 3.33. The Balaban J connectivity index is 3.25. The molecule has 6 heteroatoms. The van der Waals surface area contributed by atoms with Crippen LogP contribution in [0.4, 0.5) is 11.4 Å². The molecule has 1 rings (SSSR count). The Morgan fingerprint density at radius 2 is 1.46 bits per heavy atom. The van der Waals surface area contributed by atoms with Gasteiger partial charge in [0.1, 0.15) is 0 Å². The predicted octanol–water partition coefficient (Wildman–Crippen LogP) is 3.75. The van der Waals surface area contributed by atoms with Crippen LogP contribution >= 0.6 is 0 Å². The highest BCUT2D eigenvalue weighted by atomic mass is 15.1. The summed E-state index contributed by atoms with van der Waals surface area (Å²) in [5.41, 5.74) is 17.7. The normalized spacial score (nSPS) is 8.38. The SMILES string of the molecule is [CH2]c1cc(N=[N+]=[N-])cc(N=[N+]=[N-])c1. The van der Waals surface area contributed by atoms with Crippen molar-refractivity contribution in [1.29, 1.82) is 0 Å². The highest BCUT2D eigenvalue weighted by Gasteiger charge is 1.94. The quantitative estimate of drug-likeness (QED) is 0.369. The van der Waals surface area contributed by atoms with Gasteiger partial charge in [-0.1, -0.05) is 10.2 Å². The van der Waals surface area contributed by atoms with Crippen molar-refractivity contribution < 1.29 is 0 Å². The van der Waals surface area contributed by atoms with Crippen molar-refractivity contribution in [1.82, 2.24) is 0 Å². The number of hydrogen-bond donors (Lipinski definition) is 0. The van der Waals surface area contributed by atoms with Gasteiger partial charge in [0.25, 0.3) is 0 Å². The van der Waals surface area contributed by atoms with Gasteiger partial charge >= 0.3 is 0 Å². The smallest absolute Gasteiger partial charge is 0.0382 e. The van der Waals surface area contributed by atoms with Crippen molar-refractivity contribution in [3.63, 3.8) is 0 Å². The lowest BCUT2D eigenvalue weighted by Gasteiger charge is -1.96. The number of rotatable bonds is 2. The van der Waals surface area contributed by atoms with Gasteiger partial charge in [-0.15, -0.1) is 0 Å². The first-order chi connectivity index (χ1) is 6.26. The number of hydrogen-bond acceptors (Lipinski definition) is 2. The molecule has 0 aliphatic carbocycles. The molecule has 13 heavy (non-hydrogen) atoms. The molecule has 1 aromatic carbocycles. The van der Waals surface area contributed by atoms with Gasteiger partial charge in [0.05, 0.1) is 0 Å². The summed E-state index contributed by atoms with van der Waals surface area (Å²) < 4.78 is 0. The zero-order valence-corrected chi connectivity index (χ0v) is 6.62. The fourth-order valence-electron chi connectivity index (χ4n) is 0.875. The third-order valence-corrected chi connectivity index (χ3v) is 1.28. The molecule has 0 saturated carbocycles. The summed E-state index contributed by atoms with van der Waals surface area (Å²) in [6.07, 6.45) is 0. The van der Waals surface area contributed by atoms with Crippen LogP contribution in [0.5, 0.6) is 0 Å². The van der Waals surface area contributed by atoms with Crippen molar-refractivity contribution in [2.75, 3.05) is 0 Å². The van der Waals surface area contributed by atoms with E-state index in [1.54, 1.807) is 12.1 Å². The van der Waals surface area contributed by atoms with Crippen LogP contribution in [-0.2, 0) is 0 Å². The zero-order chi connectivity index (χ0) is 9.68. The van der Waals surface area contributed by atoms with Gasteiger partial charge in [0, 0.05) is 21.2 Å². The summed E-state index contributed by atoms with van der Waals surface area (Å²) in [4.78, 5) is 5.22. The summed E-state index contributed by atoms with van der Waals surface area (Å²) >= 11 is 0. The van der Waals surface area contributed by atoms with Gasteiger partial charge in [-0.05, 0) is 41.7 Å². The maximum absolute atomic E-state index is 8.17. The van der Waals surface area contributed by atoms with E-state index < -0.39 is 0 Å². The largest absolute Gasteiger partial charge is 0.0608 e. The van der Waals surface area contributed by atoms with Crippen molar-refractivity contribution in [2.24, 2.45) is 10.2 Å². The monoisotopic (exact) mass is 173 g/mol. The molecular weight excluding hydrogens is 168 g/mol. The predicted molar refractivity (Wildman–Crippen MR) is 48.5 cm³/mol. The Kier molecular flexibility index (Phi) is 2.76. The van der Waals surface area contributed by atoms with Crippen LogP contribution in [0.25, 0.3) is 20.9 Å². The zero-order valence-electron chi connectivity index (χ0n) is 6.62. The fraction of sp³-hybridized carbons (Fsp3) is 0. The van der Waals surface area contributed by atoms with Crippen LogP contribution in [0.2, 0.25) is 0 Å². The summed E-state index contributed by atoms with van der Waals surface area (Å²) in [5, 5.41) is 6.74. The van der Waals surface area contributed by atoms with Crippen LogP contribution in [0, 0.1) is 6.92 Å². The Morgan fingerprint density at radius 3 is 1.85 bits per heavy atom. The van der Waals surface area contributed by atoms with Crippen molar-refractivity contribution in [3.05, 3.63) is 51.6 Å². The summed E-state index contributed by atoms with van der Waals surface area (Å²) in [6, 6.07) is 4.67. The van der Waals surface area contributed by atoms with Crippen molar-refractivity contribution in [3.8, 4) is 0 Å². The van der Waals surface area contributed by atoms with Crippen molar-refractivity contribution in [2.45, 2.75) is 0 Å². The van der Waals surface area contributed by atoms with Gasteiger partial charge in [0.2, 0.25) is 0 Å². The molecule has 0 aromatic heterocycles.